The van der Waals surface area contributed by atoms with Crippen molar-refractivity contribution in [3.63, 3.8) is 0 Å². The average molecular weight is 304 g/mol. The van der Waals surface area contributed by atoms with Crippen LogP contribution in [0.15, 0.2) is 29.6 Å². The molecule has 114 valence electrons. The largest absolute Gasteiger partial charge is 0.494 e. The Balaban J connectivity index is 1.78. The second kappa shape index (κ2) is 7.05. The quantitative estimate of drug-likeness (QED) is 0.809. The minimum atomic E-state index is 0.174. The van der Waals surface area contributed by atoms with E-state index in [4.69, 9.17) is 4.74 Å². The van der Waals surface area contributed by atoms with Crippen molar-refractivity contribution in [2.24, 2.45) is 0 Å². The van der Waals surface area contributed by atoms with Crippen molar-refractivity contribution in [3.8, 4) is 16.3 Å². The molecule has 0 saturated heterocycles. The normalized spacial score (nSPS) is 11.6. The minimum absolute atomic E-state index is 0.174. The molecule has 0 amide bonds. The van der Waals surface area contributed by atoms with E-state index in [1.807, 2.05) is 19.1 Å². The molecule has 1 N–H and O–H groups in total. The van der Waals surface area contributed by atoms with Gasteiger partial charge >= 0.3 is 0 Å². The van der Waals surface area contributed by atoms with Crippen LogP contribution in [0.1, 0.15) is 32.9 Å². The van der Waals surface area contributed by atoms with Crippen molar-refractivity contribution in [1.82, 2.24) is 10.3 Å². The zero-order valence-electron chi connectivity index (χ0n) is 13.3. The van der Waals surface area contributed by atoms with E-state index in [1.54, 1.807) is 11.3 Å². The van der Waals surface area contributed by atoms with Gasteiger partial charge in [0.2, 0.25) is 0 Å². The van der Waals surface area contributed by atoms with Gasteiger partial charge in [0.15, 0.2) is 0 Å². The number of rotatable bonds is 6. The summed E-state index contributed by atoms with van der Waals surface area (Å²) in [4.78, 5) is 4.49. The Hall–Kier alpha value is -1.39. The summed E-state index contributed by atoms with van der Waals surface area (Å²) in [6.45, 7) is 10.2. The lowest BCUT2D eigenvalue weighted by molar-refractivity contribution is 0.298. The van der Waals surface area contributed by atoms with Gasteiger partial charge in [0.25, 0.3) is 0 Å². The first kappa shape index (κ1) is 16.0. The molecule has 0 saturated carbocycles. The molecular weight excluding hydrogens is 280 g/mol. The molecule has 3 nitrogen and oxygen atoms in total. The third kappa shape index (κ3) is 5.48. The van der Waals surface area contributed by atoms with Crippen LogP contribution >= 0.6 is 11.3 Å². The Bertz CT molecular complexity index is 555. The zero-order valence-corrected chi connectivity index (χ0v) is 14.1. The SMILES string of the molecule is Cc1csc(-c2ccc(OCCCNC(C)(C)C)cc2)n1. The predicted octanol–water partition coefficient (Wildman–Crippen LogP) is 4.28. The zero-order chi connectivity index (χ0) is 15.3. The van der Waals surface area contributed by atoms with Crippen molar-refractivity contribution in [2.45, 2.75) is 39.7 Å². The number of thiazole rings is 1. The maximum atomic E-state index is 5.76. The highest BCUT2D eigenvalue weighted by Gasteiger charge is 2.07. The molecule has 0 radical (unpaired) electrons. The van der Waals surface area contributed by atoms with E-state index >= 15 is 0 Å². The van der Waals surface area contributed by atoms with Crippen molar-refractivity contribution in [1.29, 1.82) is 0 Å². The lowest BCUT2D eigenvalue weighted by Crippen LogP contribution is -2.36. The predicted molar refractivity (Wildman–Crippen MR) is 90.2 cm³/mol. The van der Waals surface area contributed by atoms with Gasteiger partial charge in [-0.15, -0.1) is 11.3 Å². The molecule has 0 spiro atoms. The lowest BCUT2D eigenvalue weighted by atomic mass is 10.1. The van der Waals surface area contributed by atoms with Crippen LogP contribution < -0.4 is 10.1 Å². The van der Waals surface area contributed by atoms with E-state index in [2.05, 4.69) is 48.6 Å². The maximum Gasteiger partial charge on any atom is 0.123 e. The molecule has 0 fully saturated rings. The first-order valence-corrected chi connectivity index (χ1v) is 8.22. The van der Waals surface area contributed by atoms with Crippen LogP contribution in [-0.4, -0.2) is 23.7 Å². The smallest absolute Gasteiger partial charge is 0.123 e. The van der Waals surface area contributed by atoms with Crippen LogP contribution in [0.25, 0.3) is 10.6 Å². The van der Waals surface area contributed by atoms with Gasteiger partial charge in [0.1, 0.15) is 10.8 Å². The summed E-state index contributed by atoms with van der Waals surface area (Å²) in [6.07, 6.45) is 1.00. The fourth-order valence-corrected chi connectivity index (χ4v) is 2.71. The molecule has 1 heterocycles. The van der Waals surface area contributed by atoms with Gasteiger partial charge in [-0.25, -0.2) is 4.98 Å². The third-order valence-electron chi connectivity index (χ3n) is 2.97. The van der Waals surface area contributed by atoms with E-state index in [9.17, 15) is 0 Å². The molecule has 0 atom stereocenters. The molecule has 0 aliphatic heterocycles. The monoisotopic (exact) mass is 304 g/mol. The fraction of sp³-hybridized carbons (Fsp3) is 0.471. The van der Waals surface area contributed by atoms with E-state index < -0.39 is 0 Å². The standard InChI is InChI=1S/C17H24N2OS/c1-13-12-21-16(19-13)14-6-8-15(9-7-14)20-11-5-10-18-17(2,3)4/h6-9,12,18H,5,10-11H2,1-4H3. The van der Waals surface area contributed by atoms with Crippen LogP contribution in [0.2, 0.25) is 0 Å². The van der Waals surface area contributed by atoms with Crippen LogP contribution in [0, 0.1) is 6.92 Å². The van der Waals surface area contributed by atoms with Crippen molar-refractivity contribution in [2.75, 3.05) is 13.2 Å². The van der Waals surface area contributed by atoms with Gasteiger partial charge in [-0.1, -0.05) is 0 Å². The van der Waals surface area contributed by atoms with E-state index in [-0.39, 0.29) is 5.54 Å². The van der Waals surface area contributed by atoms with Gasteiger partial charge in [-0.2, -0.15) is 0 Å². The summed E-state index contributed by atoms with van der Waals surface area (Å²) >= 11 is 1.68. The third-order valence-corrected chi connectivity index (χ3v) is 3.97. The Kier molecular flexibility index (Phi) is 5.37. The summed E-state index contributed by atoms with van der Waals surface area (Å²) < 4.78 is 5.76. The molecule has 2 aromatic rings. The second-order valence-electron chi connectivity index (χ2n) is 6.20. The maximum absolute atomic E-state index is 5.76. The number of nitrogens with one attached hydrogen (secondary N) is 1. The molecule has 0 aliphatic rings. The minimum Gasteiger partial charge on any atom is -0.494 e. The number of aryl methyl sites for hydroxylation is 1. The Morgan fingerprint density at radius 1 is 1.19 bits per heavy atom. The molecule has 2 rings (SSSR count). The van der Waals surface area contributed by atoms with Gasteiger partial charge in [-0.05, 0) is 64.9 Å². The molecule has 0 bridgehead atoms. The Morgan fingerprint density at radius 2 is 1.90 bits per heavy atom. The Morgan fingerprint density at radius 3 is 2.48 bits per heavy atom. The van der Waals surface area contributed by atoms with Crippen LogP contribution in [0.5, 0.6) is 5.75 Å². The van der Waals surface area contributed by atoms with Crippen LogP contribution in [-0.2, 0) is 0 Å². The van der Waals surface area contributed by atoms with Gasteiger partial charge < -0.3 is 10.1 Å². The highest BCUT2D eigenvalue weighted by Crippen LogP contribution is 2.25. The molecular formula is C17H24N2OS. The first-order valence-electron chi connectivity index (χ1n) is 7.34. The Labute approximate surface area is 131 Å². The van der Waals surface area contributed by atoms with Gasteiger partial charge in [0, 0.05) is 22.2 Å². The molecule has 21 heavy (non-hydrogen) atoms. The number of hydrogen-bond acceptors (Lipinski definition) is 4. The number of hydrogen-bond donors (Lipinski definition) is 1. The topological polar surface area (TPSA) is 34.1 Å². The highest BCUT2D eigenvalue weighted by molar-refractivity contribution is 7.13. The van der Waals surface area contributed by atoms with E-state index in [0.29, 0.717) is 0 Å². The molecule has 0 aliphatic carbocycles. The lowest BCUT2D eigenvalue weighted by Gasteiger charge is -2.20. The average Bonchev–Trinajstić information content (AvgIpc) is 2.84. The number of ether oxygens (including phenoxy) is 1. The molecule has 1 aromatic carbocycles. The fourth-order valence-electron chi connectivity index (χ4n) is 1.91. The summed E-state index contributed by atoms with van der Waals surface area (Å²) in [6, 6.07) is 8.18. The van der Waals surface area contributed by atoms with Gasteiger partial charge in [-0.3, -0.25) is 0 Å². The molecule has 1 aromatic heterocycles. The van der Waals surface area contributed by atoms with E-state index in [1.165, 1.54) is 0 Å². The second-order valence-corrected chi connectivity index (χ2v) is 7.06. The summed E-state index contributed by atoms with van der Waals surface area (Å²) in [5.41, 5.74) is 2.39. The van der Waals surface area contributed by atoms with Crippen LogP contribution in [0.4, 0.5) is 0 Å². The van der Waals surface area contributed by atoms with Crippen molar-refractivity contribution >= 4 is 11.3 Å². The molecule has 4 heteroatoms. The number of benzene rings is 1. The number of nitrogens with zero attached hydrogens (tertiary/aromatic N) is 1. The van der Waals surface area contributed by atoms with E-state index in [0.717, 1.165) is 41.6 Å². The van der Waals surface area contributed by atoms with Crippen molar-refractivity contribution in [3.05, 3.63) is 35.3 Å². The molecule has 0 unspecified atom stereocenters. The first-order chi connectivity index (χ1) is 9.94. The summed E-state index contributed by atoms with van der Waals surface area (Å²) in [5, 5.41) is 6.59. The van der Waals surface area contributed by atoms with Crippen molar-refractivity contribution < 1.29 is 4.74 Å². The summed E-state index contributed by atoms with van der Waals surface area (Å²) in [7, 11) is 0. The van der Waals surface area contributed by atoms with Crippen LogP contribution in [0.3, 0.4) is 0 Å². The number of aromatic nitrogens is 1. The summed E-state index contributed by atoms with van der Waals surface area (Å²) in [5.74, 6) is 0.919. The van der Waals surface area contributed by atoms with Gasteiger partial charge in [0.05, 0.1) is 6.61 Å². The highest BCUT2D eigenvalue weighted by atomic mass is 32.1.